The lowest BCUT2D eigenvalue weighted by Gasteiger charge is -2.21. The highest BCUT2D eigenvalue weighted by atomic mass is 16.5. The van der Waals surface area contributed by atoms with E-state index in [0.717, 1.165) is 29.7 Å². The second kappa shape index (κ2) is 9.54. The highest BCUT2D eigenvalue weighted by Crippen LogP contribution is 2.23. The van der Waals surface area contributed by atoms with Crippen LogP contribution < -0.4 is 10.6 Å². The maximum Gasteiger partial charge on any atom is 0.327 e. The highest BCUT2D eigenvalue weighted by molar-refractivity contribution is 6.08. The van der Waals surface area contributed by atoms with E-state index in [2.05, 4.69) is 10.6 Å². The van der Waals surface area contributed by atoms with Crippen molar-refractivity contribution in [1.82, 2.24) is 10.2 Å². The average Bonchev–Trinajstić information content (AvgIpc) is 2.90. The summed E-state index contributed by atoms with van der Waals surface area (Å²) >= 11 is 0. The van der Waals surface area contributed by atoms with Crippen LogP contribution in [0.25, 0.3) is 0 Å². The van der Waals surface area contributed by atoms with Gasteiger partial charge in [-0.3, -0.25) is 19.3 Å². The van der Waals surface area contributed by atoms with Crippen molar-refractivity contribution in [3.05, 3.63) is 29.8 Å². The summed E-state index contributed by atoms with van der Waals surface area (Å²) in [6, 6.07) is 6.73. The van der Waals surface area contributed by atoms with Gasteiger partial charge >= 0.3 is 12.0 Å². The molecule has 2 N–H and O–H groups in total. The average molecular weight is 403 g/mol. The number of nitrogens with zero attached hydrogens (tertiary/aromatic N) is 1. The molecule has 1 aromatic rings. The summed E-state index contributed by atoms with van der Waals surface area (Å²) in [4.78, 5) is 49.9. The van der Waals surface area contributed by atoms with Crippen molar-refractivity contribution in [1.29, 1.82) is 0 Å². The van der Waals surface area contributed by atoms with Gasteiger partial charge in [-0.15, -0.1) is 0 Å². The number of aryl methyl sites for hydroxylation is 1. The Kier molecular flexibility index (Phi) is 7.36. The van der Waals surface area contributed by atoms with Gasteiger partial charge in [0.15, 0.2) is 6.10 Å². The lowest BCUT2D eigenvalue weighted by molar-refractivity contribution is -0.155. The lowest BCUT2D eigenvalue weighted by Crippen LogP contribution is -2.44. The number of nitrogens with one attached hydrogen (secondary N) is 2. The minimum Gasteiger partial charge on any atom is -0.451 e. The molecule has 2 rings (SSSR count). The Hall–Kier alpha value is -2.90. The molecular formula is C21H29N3O5. The monoisotopic (exact) mass is 403 g/mol. The molecule has 8 heteroatoms. The topological polar surface area (TPSA) is 105 Å². The normalized spacial score (nSPS) is 19.7. The molecule has 0 unspecified atom stereocenters. The number of benzene rings is 1. The minimum absolute atomic E-state index is 0.457. The molecule has 0 bridgehead atoms. The van der Waals surface area contributed by atoms with E-state index >= 15 is 0 Å². The Morgan fingerprint density at radius 2 is 1.86 bits per heavy atom. The van der Waals surface area contributed by atoms with Gasteiger partial charge in [-0.05, 0) is 44.4 Å². The molecule has 1 aromatic carbocycles. The Morgan fingerprint density at radius 3 is 2.45 bits per heavy atom. The van der Waals surface area contributed by atoms with Crippen molar-refractivity contribution in [3.8, 4) is 0 Å². The first-order valence-corrected chi connectivity index (χ1v) is 9.93. The van der Waals surface area contributed by atoms with E-state index in [4.69, 9.17) is 4.74 Å². The standard InChI is InChI=1S/C21H29N3O5/c1-5-7-12-21(4)19(27)24(20(28)23-21)13-17(25)29-14(3)18(26)22-16-10-8-15(6-2)9-11-16/h8-11,14H,5-7,12-13H2,1-4H3,(H,22,26)(H,23,28)/t14-,21-/m0/s1. The smallest absolute Gasteiger partial charge is 0.327 e. The molecule has 158 valence electrons. The third-order valence-corrected chi connectivity index (χ3v) is 4.97. The van der Waals surface area contributed by atoms with Gasteiger partial charge in [0.25, 0.3) is 11.8 Å². The molecule has 8 nitrogen and oxygen atoms in total. The van der Waals surface area contributed by atoms with Gasteiger partial charge in [-0.25, -0.2) is 4.79 Å². The molecule has 1 aliphatic rings. The van der Waals surface area contributed by atoms with E-state index in [-0.39, 0.29) is 0 Å². The maximum atomic E-state index is 12.5. The van der Waals surface area contributed by atoms with E-state index in [0.29, 0.717) is 12.1 Å². The fourth-order valence-electron chi connectivity index (χ4n) is 3.08. The van der Waals surface area contributed by atoms with E-state index in [1.165, 1.54) is 6.92 Å². The SMILES string of the molecule is CCCC[C@]1(C)NC(=O)N(CC(=O)O[C@@H](C)C(=O)Nc2ccc(CC)cc2)C1=O. The summed E-state index contributed by atoms with van der Waals surface area (Å²) < 4.78 is 5.11. The van der Waals surface area contributed by atoms with Crippen LogP contribution >= 0.6 is 0 Å². The van der Waals surface area contributed by atoms with Crippen LogP contribution in [-0.2, 0) is 25.5 Å². The number of carbonyl (C=O) groups excluding carboxylic acids is 4. The van der Waals surface area contributed by atoms with Crippen molar-refractivity contribution in [3.63, 3.8) is 0 Å². The van der Waals surface area contributed by atoms with Crippen LogP contribution in [0.15, 0.2) is 24.3 Å². The number of carbonyl (C=O) groups is 4. The molecule has 0 aromatic heterocycles. The third kappa shape index (κ3) is 5.56. The number of amides is 4. The first-order chi connectivity index (χ1) is 13.7. The zero-order chi connectivity index (χ0) is 21.6. The van der Waals surface area contributed by atoms with Crippen LogP contribution in [0, 0.1) is 0 Å². The van der Waals surface area contributed by atoms with Crippen LogP contribution in [0.3, 0.4) is 0 Å². The summed E-state index contributed by atoms with van der Waals surface area (Å²) in [5.41, 5.74) is 0.721. The van der Waals surface area contributed by atoms with Crippen molar-refractivity contribution in [2.24, 2.45) is 0 Å². The van der Waals surface area contributed by atoms with Gasteiger partial charge in [0.2, 0.25) is 0 Å². The highest BCUT2D eigenvalue weighted by Gasteiger charge is 2.48. The number of hydrogen-bond acceptors (Lipinski definition) is 5. The van der Waals surface area contributed by atoms with Gasteiger partial charge in [-0.1, -0.05) is 38.8 Å². The number of imide groups is 1. The van der Waals surface area contributed by atoms with E-state index < -0.39 is 42.0 Å². The zero-order valence-electron chi connectivity index (χ0n) is 17.4. The lowest BCUT2D eigenvalue weighted by atomic mass is 9.95. The molecule has 0 spiro atoms. The number of hydrogen-bond donors (Lipinski definition) is 2. The fraction of sp³-hybridized carbons (Fsp3) is 0.524. The molecule has 1 aliphatic heterocycles. The predicted molar refractivity (Wildman–Crippen MR) is 108 cm³/mol. The number of esters is 1. The number of anilines is 1. The predicted octanol–water partition coefficient (Wildman–Crippen LogP) is 2.62. The van der Waals surface area contributed by atoms with Crippen LogP contribution in [0.5, 0.6) is 0 Å². The van der Waals surface area contributed by atoms with Gasteiger partial charge in [0, 0.05) is 5.69 Å². The van der Waals surface area contributed by atoms with Crippen molar-refractivity contribution in [2.75, 3.05) is 11.9 Å². The number of unbranched alkanes of at least 4 members (excludes halogenated alkanes) is 1. The van der Waals surface area contributed by atoms with Crippen LogP contribution in [0.2, 0.25) is 0 Å². The molecule has 0 aliphatic carbocycles. The molecule has 29 heavy (non-hydrogen) atoms. The third-order valence-electron chi connectivity index (χ3n) is 4.97. The summed E-state index contributed by atoms with van der Waals surface area (Å²) in [6.45, 7) is 6.57. The van der Waals surface area contributed by atoms with E-state index in [1.54, 1.807) is 19.1 Å². The summed E-state index contributed by atoms with van der Waals surface area (Å²) in [5.74, 6) is -1.77. The van der Waals surface area contributed by atoms with Crippen molar-refractivity contribution in [2.45, 2.75) is 65.0 Å². The second-order valence-corrected chi connectivity index (χ2v) is 7.43. The first-order valence-electron chi connectivity index (χ1n) is 9.93. The number of urea groups is 1. The molecule has 0 radical (unpaired) electrons. The minimum atomic E-state index is -1.07. The second-order valence-electron chi connectivity index (χ2n) is 7.43. The molecule has 2 atom stereocenters. The van der Waals surface area contributed by atoms with E-state index in [1.807, 2.05) is 26.0 Å². The van der Waals surface area contributed by atoms with Gasteiger partial charge in [0.05, 0.1) is 0 Å². The van der Waals surface area contributed by atoms with E-state index in [9.17, 15) is 19.2 Å². The Morgan fingerprint density at radius 1 is 1.21 bits per heavy atom. The van der Waals surface area contributed by atoms with Gasteiger partial charge < -0.3 is 15.4 Å². The Balaban J connectivity index is 1.89. The quantitative estimate of drug-likeness (QED) is 0.487. The number of ether oxygens (including phenoxy) is 1. The molecule has 1 fully saturated rings. The fourth-order valence-corrected chi connectivity index (χ4v) is 3.08. The van der Waals surface area contributed by atoms with Crippen LogP contribution in [0.1, 0.15) is 52.5 Å². The van der Waals surface area contributed by atoms with Crippen molar-refractivity contribution >= 4 is 29.5 Å². The largest absolute Gasteiger partial charge is 0.451 e. The molecule has 1 saturated heterocycles. The Labute approximate surface area is 171 Å². The van der Waals surface area contributed by atoms with Gasteiger partial charge in [0.1, 0.15) is 12.1 Å². The van der Waals surface area contributed by atoms with Gasteiger partial charge in [-0.2, -0.15) is 0 Å². The molecular weight excluding hydrogens is 374 g/mol. The van der Waals surface area contributed by atoms with Crippen LogP contribution in [-0.4, -0.2) is 46.9 Å². The van der Waals surface area contributed by atoms with Crippen molar-refractivity contribution < 1.29 is 23.9 Å². The summed E-state index contributed by atoms with van der Waals surface area (Å²) in [5, 5.41) is 5.31. The van der Waals surface area contributed by atoms with Crippen LogP contribution in [0.4, 0.5) is 10.5 Å². The summed E-state index contributed by atoms with van der Waals surface area (Å²) in [6.07, 6.45) is 1.98. The first kappa shape index (κ1) is 22.4. The number of rotatable bonds is 9. The molecule has 0 saturated carbocycles. The molecule has 1 heterocycles. The maximum absolute atomic E-state index is 12.5. The zero-order valence-corrected chi connectivity index (χ0v) is 17.4. The summed E-state index contributed by atoms with van der Waals surface area (Å²) in [7, 11) is 0. The Bertz CT molecular complexity index is 777. The molecule has 4 amide bonds.